The van der Waals surface area contributed by atoms with Gasteiger partial charge in [-0.05, 0) is 37.6 Å². The molecule has 11 heteroatoms. The maximum absolute atomic E-state index is 13.6. The Bertz CT molecular complexity index is 1490. The molecule has 4 heterocycles. The number of piperazine rings is 1. The van der Waals surface area contributed by atoms with Crippen molar-refractivity contribution in [2.75, 3.05) is 37.7 Å². The lowest BCUT2D eigenvalue weighted by molar-refractivity contribution is -0.122. The van der Waals surface area contributed by atoms with Crippen LogP contribution in [0.1, 0.15) is 23.6 Å². The summed E-state index contributed by atoms with van der Waals surface area (Å²) >= 11 is 6.71. The smallest absolute Gasteiger partial charge is 0.409 e. The molecule has 196 valence electrons. The molecule has 0 atom stereocenters. The van der Waals surface area contributed by atoms with Crippen molar-refractivity contribution >= 4 is 57.8 Å². The summed E-state index contributed by atoms with van der Waals surface area (Å²) < 4.78 is 7.04. The van der Waals surface area contributed by atoms with Crippen molar-refractivity contribution in [2.24, 2.45) is 0 Å². The zero-order chi connectivity index (χ0) is 26.8. The van der Waals surface area contributed by atoms with Crippen LogP contribution in [-0.4, -0.2) is 68.3 Å². The van der Waals surface area contributed by atoms with Gasteiger partial charge in [-0.2, -0.15) is 0 Å². The normalized spacial score (nSPS) is 17.1. The Morgan fingerprint density at radius 2 is 1.84 bits per heavy atom. The van der Waals surface area contributed by atoms with E-state index >= 15 is 0 Å². The third-order valence-electron chi connectivity index (χ3n) is 6.46. The lowest BCUT2D eigenvalue weighted by Crippen LogP contribution is -2.49. The van der Waals surface area contributed by atoms with Crippen LogP contribution >= 0.6 is 24.0 Å². The molecule has 38 heavy (non-hydrogen) atoms. The van der Waals surface area contributed by atoms with E-state index in [-0.39, 0.29) is 17.6 Å². The van der Waals surface area contributed by atoms with Crippen LogP contribution in [0.3, 0.4) is 0 Å². The molecular weight excluding hydrogens is 522 g/mol. The second kappa shape index (κ2) is 11.0. The van der Waals surface area contributed by atoms with Gasteiger partial charge in [0.2, 0.25) is 0 Å². The number of carbonyl (C=O) groups excluding carboxylic acids is 2. The first kappa shape index (κ1) is 25.9. The number of carbonyl (C=O) groups is 2. The molecule has 2 aliphatic rings. The van der Waals surface area contributed by atoms with Gasteiger partial charge in [0.25, 0.3) is 11.5 Å². The first-order chi connectivity index (χ1) is 18.4. The standard InChI is InChI=1S/C27H27N5O4S2/c1-3-36-26(35)30-14-12-29(13-15-30)23-20(24(33)31-11-5-4-6-22(31)28-23)16-21-25(34)32(27(37)38-21)17-19-9-7-18(2)8-10-19/h4-11,16H,3,12-15,17H2,1-2H3. The van der Waals surface area contributed by atoms with E-state index in [4.69, 9.17) is 21.9 Å². The number of anilines is 1. The number of thiocarbonyl (C=S) groups is 1. The van der Waals surface area contributed by atoms with Crippen LogP contribution in [0.25, 0.3) is 11.7 Å². The number of aryl methyl sites for hydroxylation is 1. The minimum absolute atomic E-state index is 0.240. The summed E-state index contributed by atoms with van der Waals surface area (Å²) in [7, 11) is 0. The summed E-state index contributed by atoms with van der Waals surface area (Å²) in [6, 6.07) is 13.3. The highest BCUT2D eigenvalue weighted by molar-refractivity contribution is 8.26. The van der Waals surface area contributed by atoms with Crippen molar-refractivity contribution in [3.63, 3.8) is 0 Å². The number of aromatic nitrogens is 2. The molecule has 0 unspecified atom stereocenters. The number of nitrogens with zero attached hydrogens (tertiary/aromatic N) is 5. The van der Waals surface area contributed by atoms with Crippen LogP contribution in [0, 0.1) is 6.92 Å². The summed E-state index contributed by atoms with van der Waals surface area (Å²) in [6.07, 6.45) is 2.92. The van der Waals surface area contributed by atoms with E-state index in [2.05, 4.69) is 0 Å². The van der Waals surface area contributed by atoms with Crippen LogP contribution in [0.4, 0.5) is 10.6 Å². The molecule has 0 N–H and O–H groups in total. The molecule has 2 amide bonds. The molecule has 9 nitrogen and oxygen atoms in total. The topological polar surface area (TPSA) is 87.5 Å². The van der Waals surface area contributed by atoms with Crippen LogP contribution in [-0.2, 0) is 16.1 Å². The first-order valence-corrected chi connectivity index (χ1v) is 13.6. The fourth-order valence-corrected chi connectivity index (χ4v) is 5.65. The molecule has 2 aliphatic heterocycles. The van der Waals surface area contributed by atoms with Crippen LogP contribution < -0.4 is 10.5 Å². The molecule has 1 aromatic carbocycles. The molecule has 0 saturated carbocycles. The van der Waals surface area contributed by atoms with Crippen molar-refractivity contribution in [3.05, 3.63) is 80.6 Å². The average molecular weight is 550 g/mol. The van der Waals surface area contributed by atoms with Crippen molar-refractivity contribution in [1.29, 1.82) is 0 Å². The Labute approximate surface area is 229 Å². The summed E-state index contributed by atoms with van der Waals surface area (Å²) in [4.78, 5) is 49.5. The van der Waals surface area contributed by atoms with E-state index in [0.29, 0.717) is 65.6 Å². The van der Waals surface area contributed by atoms with Gasteiger partial charge in [0.05, 0.1) is 23.6 Å². The second-order valence-corrected chi connectivity index (χ2v) is 10.7. The number of ether oxygens (including phenoxy) is 1. The van der Waals surface area contributed by atoms with E-state index in [9.17, 15) is 14.4 Å². The molecule has 2 aromatic heterocycles. The van der Waals surface area contributed by atoms with Crippen LogP contribution in [0.15, 0.2) is 58.4 Å². The van der Waals surface area contributed by atoms with Gasteiger partial charge in [-0.3, -0.25) is 18.9 Å². The lowest BCUT2D eigenvalue weighted by atomic mass is 10.1. The molecule has 0 radical (unpaired) electrons. The lowest BCUT2D eigenvalue weighted by Gasteiger charge is -2.35. The highest BCUT2D eigenvalue weighted by atomic mass is 32.2. The van der Waals surface area contributed by atoms with Crippen LogP contribution in [0.5, 0.6) is 0 Å². The highest BCUT2D eigenvalue weighted by Crippen LogP contribution is 2.34. The number of fused-ring (bicyclic) bond motifs is 1. The zero-order valence-electron chi connectivity index (χ0n) is 21.1. The van der Waals surface area contributed by atoms with Gasteiger partial charge >= 0.3 is 6.09 Å². The average Bonchev–Trinajstić information content (AvgIpc) is 3.19. The minimum atomic E-state index is -0.351. The molecule has 2 saturated heterocycles. The monoisotopic (exact) mass is 549 g/mol. The Kier molecular flexibility index (Phi) is 7.48. The number of pyridine rings is 1. The Morgan fingerprint density at radius 1 is 1.11 bits per heavy atom. The number of thioether (sulfide) groups is 1. The predicted molar refractivity (Wildman–Crippen MR) is 152 cm³/mol. The van der Waals surface area contributed by atoms with Gasteiger partial charge in [-0.25, -0.2) is 9.78 Å². The SMILES string of the molecule is CCOC(=O)N1CCN(c2nc3ccccn3c(=O)c2C=C2SC(=S)N(Cc3ccc(C)cc3)C2=O)CC1. The van der Waals surface area contributed by atoms with E-state index in [1.54, 1.807) is 41.1 Å². The third kappa shape index (κ3) is 5.16. The molecule has 3 aromatic rings. The molecule has 0 aliphatic carbocycles. The Morgan fingerprint density at radius 3 is 2.55 bits per heavy atom. The highest BCUT2D eigenvalue weighted by Gasteiger charge is 2.33. The second-order valence-electron chi connectivity index (χ2n) is 9.01. The van der Waals surface area contributed by atoms with Gasteiger partial charge in [0, 0.05) is 32.4 Å². The number of benzene rings is 1. The van der Waals surface area contributed by atoms with E-state index in [0.717, 1.165) is 11.1 Å². The van der Waals surface area contributed by atoms with Crippen molar-refractivity contribution in [2.45, 2.75) is 20.4 Å². The van der Waals surface area contributed by atoms with Gasteiger partial charge in [0.15, 0.2) is 0 Å². The summed E-state index contributed by atoms with van der Waals surface area (Å²) in [5.74, 6) is 0.240. The molecule has 2 fully saturated rings. The van der Waals surface area contributed by atoms with Gasteiger partial charge in [0.1, 0.15) is 15.8 Å². The zero-order valence-corrected chi connectivity index (χ0v) is 22.8. The number of hydrogen-bond donors (Lipinski definition) is 0. The number of hydrogen-bond acceptors (Lipinski definition) is 8. The van der Waals surface area contributed by atoms with E-state index in [1.165, 1.54) is 16.2 Å². The minimum Gasteiger partial charge on any atom is -0.450 e. The van der Waals surface area contributed by atoms with Crippen molar-refractivity contribution in [3.8, 4) is 0 Å². The molecule has 0 bridgehead atoms. The first-order valence-electron chi connectivity index (χ1n) is 12.3. The maximum atomic E-state index is 13.6. The maximum Gasteiger partial charge on any atom is 0.409 e. The largest absolute Gasteiger partial charge is 0.450 e. The number of rotatable bonds is 5. The summed E-state index contributed by atoms with van der Waals surface area (Å²) in [6.45, 7) is 6.29. The molecular formula is C27H27N5O4S2. The Hall–Kier alpha value is -3.70. The summed E-state index contributed by atoms with van der Waals surface area (Å²) in [5.41, 5.74) is 2.65. The van der Waals surface area contributed by atoms with Crippen molar-refractivity contribution in [1.82, 2.24) is 19.2 Å². The quantitative estimate of drug-likeness (QED) is 0.352. The molecule has 0 spiro atoms. The Balaban J connectivity index is 1.48. The van der Waals surface area contributed by atoms with Crippen molar-refractivity contribution < 1.29 is 14.3 Å². The fraction of sp³-hybridized carbons (Fsp3) is 0.296. The summed E-state index contributed by atoms with van der Waals surface area (Å²) in [5, 5.41) is 0. The third-order valence-corrected chi connectivity index (χ3v) is 7.84. The van der Waals surface area contributed by atoms with Crippen LogP contribution in [0.2, 0.25) is 0 Å². The van der Waals surface area contributed by atoms with Gasteiger partial charge < -0.3 is 14.5 Å². The fourth-order valence-electron chi connectivity index (χ4n) is 4.42. The van der Waals surface area contributed by atoms with E-state index < -0.39 is 0 Å². The van der Waals surface area contributed by atoms with Gasteiger partial charge in [-0.1, -0.05) is 59.9 Å². The van der Waals surface area contributed by atoms with Gasteiger partial charge in [-0.15, -0.1) is 0 Å². The van der Waals surface area contributed by atoms with E-state index in [1.807, 2.05) is 42.2 Å². The predicted octanol–water partition coefficient (Wildman–Crippen LogP) is 3.68. The molecule has 5 rings (SSSR count). The number of amides is 2.